The van der Waals surface area contributed by atoms with E-state index in [2.05, 4.69) is 0 Å². The summed E-state index contributed by atoms with van der Waals surface area (Å²) in [6.07, 6.45) is 0.110. The fourth-order valence-corrected chi connectivity index (χ4v) is 4.34. The first-order chi connectivity index (χ1) is 17.4. The van der Waals surface area contributed by atoms with Crippen LogP contribution in [-0.4, -0.2) is 35.0 Å². The summed E-state index contributed by atoms with van der Waals surface area (Å²) in [5.74, 6) is 0.0482. The van der Waals surface area contributed by atoms with Gasteiger partial charge < -0.3 is 19.2 Å². The van der Waals surface area contributed by atoms with Crippen LogP contribution in [0.1, 0.15) is 21.7 Å². The first-order valence-electron chi connectivity index (χ1n) is 11.1. The lowest BCUT2D eigenvalue weighted by Gasteiger charge is -2.29. The predicted octanol–water partition coefficient (Wildman–Crippen LogP) is 6.60. The molecule has 0 fully saturated rings. The highest BCUT2D eigenvalue weighted by molar-refractivity contribution is 6.36. The predicted molar refractivity (Wildman–Crippen MR) is 139 cm³/mol. The third-order valence-corrected chi connectivity index (χ3v) is 6.27. The summed E-state index contributed by atoms with van der Waals surface area (Å²) in [5, 5.41) is 10.6. The molecule has 0 bridgehead atoms. The largest absolute Gasteiger partial charge is 0.497 e. The second-order valence-electron chi connectivity index (χ2n) is 8.10. The number of carbonyl (C=O) groups excluding carboxylic acids is 1. The Bertz CT molecular complexity index is 1350. The molecule has 4 aromatic rings. The van der Waals surface area contributed by atoms with Crippen molar-refractivity contribution < 1.29 is 23.8 Å². The van der Waals surface area contributed by atoms with E-state index in [9.17, 15) is 14.7 Å². The van der Waals surface area contributed by atoms with E-state index < -0.39 is 17.9 Å². The van der Waals surface area contributed by atoms with Crippen molar-refractivity contribution in [3.05, 3.63) is 112 Å². The van der Waals surface area contributed by atoms with Gasteiger partial charge in [0.15, 0.2) is 0 Å². The number of carboxylic acids is 1. The maximum absolute atomic E-state index is 13.6. The van der Waals surface area contributed by atoms with E-state index in [1.54, 1.807) is 25.3 Å². The summed E-state index contributed by atoms with van der Waals surface area (Å²) in [6, 6.07) is 23.3. The van der Waals surface area contributed by atoms with Crippen LogP contribution in [0.4, 0.5) is 0 Å². The molecular formula is C28H23Cl2NO5. The van der Waals surface area contributed by atoms with Crippen LogP contribution in [0.3, 0.4) is 0 Å². The maximum atomic E-state index is 13.6. The summed E-state index contributed by atoms with van der Waals surface area (Å²) in [5.41, 5.74) is 1.75. The molecule has 1 amide bonds. The number of nitrogens with zero attached hydrogens (tertiary/aromatic N) is 1. The lowest BCUT2D eigenvalue weighted by Crippen LogP contribution is -2.46. The molecule has 0 saturated carbocycles. The molecule has 3 aromatic carbocycles. The molecule has 0 aliphatic heterocycles. The molecule has 0 radical (unpaired) electrons. The Hall–Kier alpha value is -3.74. The van der Waals surface area contributed by atoms with Crippen molar-refractivity contribution in [1.82, 2.24) is 4.90 Å². The molecule has 0 saturated heterocycles. The first kappa shape index (κ1) is 25.4. The number of hydrogen-bond acceptors (Lipinski definition) is 4. The molecule has 1 N–H and O–H groups in total. The number of methoxy groups -OCH3 is 1. The minimum absolute atomic E-state index is 0.0717. The number of benzene rings is 3. The number of ether oxygens (including phenoxy) is 1. The summed E-state index contributed by atoms with van der Waals surface area (Å²) in [7, 11) is 1.59. The molecule has 0 aliphatic carbocycles. The summed E-state index contributed by atoms with van der Waals surface area (Å²) >= 11 is 12.3. The molecule has 4 rings (SSSR count). The third kappa shape index (κ3) is 5.90. The van der Waals surface area contributed by atoms with Crippen LogP contribution in [0, 0.1) is 0 Å². The van der Waals surface area contributed by atoms with Gasteiger partial charge >= 0.3 is 5.97 Å². The van der Waals surface area contributed by atoms with Crippen molar-refractivity contribution in [2.24, 2.45) is 0 Å². The fourth-order valence-electron chi connectivity index (χ4n) is 3.85. The molecule has 0 aliphatic rings. The Kier molecular flexibility index (Phi) is 7.98. The van der Waals surface area contributed by atoms with Gasteiger partial charge in [-0.15, -0.1) is 0 Å². The van der Waals surface area contributed by atoms with Crippen LogP contribution < -0.4 is 4.74 Å². The van der Waals surface area contributed by atoms with Gasteiger partial charge in [-0.25, -0.2) is 4.79 Å². The fraction of sp³-hybridized carbons (Fsp3) is 0.143. The number of amides is 1. The zero-order valence-electron chi connectivity index (χ0n) is 19.4. The normalized spacial score (nSPS) is 11.6. The Morgan fingerprint density at radius 3 is 2.33 bits per heavy atom. The average Bonchev–Trinajstić information content (AvgIpc) is 3.35. The van der Waals surface area contributed by atoms with Crippen molar-refractivity contribution in [2.75, 3.05) is 7.11 Å². The van der Waals surface area contributed by atoms with Gasteiger partial charge in [0, 0.05) is 17.0 Å². The van der Waals surface area contributed by atoms with Crippen LogP contribution in [-0.2, 0) is 17.8 Å². The lowest BCUT2D eigenvalue weighted by molar-refractivity contribution is -0.142. The Balaban J connectivity index is 1.68. The number of hydrogen-bond donors (Lipinski definition) is 1. The lowest BCUT2D eigenvalue weighted by atomic mass is 10.0. The summed E-state index contributed by atoms with van der Waals surface area (Å²) in [6.45, 7) is -0.0717. The van der Waals surface area contributed by atoms with Gasteiger partial charge in [-0.05, 0) is 60.2 Å². The van der Waals surface area contributed by atoms with Crippen LogP contribution in [0.25, 0.3) is 11.3 Å². The minimum atomic E-state index is -1.17. The molecule has 0 unspecified atom stereocenters. The molecule has 1 atom stereocenters. The second kappa shape index (κ2) is 11.3. The number of rotatable bonds is 9. The van der Waals surface area contributed by atoms with Gasteiger partial charge in [0.2, 0.25) is 0 Å². The number of carbonyl (C=O) groups is 2. The Morgan fingerprint density at radius 1 is 0.972 bits per heavy atom. The Morgan fingerprint density at radius 2 is 1.69 bits per heavy atom. The molecule has 6 nitrogen and oxygen atoms in total. The highest BCUT2D eigenvalue weighted by Gasteiger charge is 2.32. The van der Waals surface area contributed by atoms with Gasteiger partial charge in [-0.1, -0.05) is 53.5 Å². The maximum Gasteiger partial charge on any atom is 0.326 e. The van der Waals surface area contributed by atoms with Crippen molar-refractivity contribution in [2.45, 2.75) is 19.0 Å². The summed E-state index contributed by atoms with van der Waals surface area (Å²) in [4.78, 5) is 27.3. The zero-order chi connectivity index (χ0) is 25.7. The van der Waals surface area contributed by atoms with Crippen molar-refractivity contribution in [3.8, 4) is 17.1 Å². The third-order valence-electron chi connectivity index (χ3n) is 5.72. The number of aliphatic carboxylic acids is 1. The SMILES string of the molecule is COc1ccc(-c2ccc(CN(C(=O)c3ccc(Cl)cc3Cl)[C@@H](Cc3ccccc3)C(=O)O)o2)cc1. The van der Waals surface area contributed by atoms with E-state index >= 15 is 0 Å². The van der Waals surface area contributed by atoms with E-state index in [0.29, 0.717) is 22.3 Å². The molecular weight excluding hydrogens is 501 g/mol. The topological polar surface area (TPSA) is 80.0 Å². The zero-order valence-corrected chi connectivity index (χ0v) is 20.9. The molecule has 0 spiro atoms. The summed E-state index contributed by atoms with van der Waals surface area (Å²) < 4.78 is 11.2. The molecule has 1 aromatic heterocycles. The van der Waals surface area contributed by atoms with Crippen LogP contribution in [0.2, 0.25) is 10.0 Å². The first-order valence-corrected chi connectivity index (χ1v) is 11.9. The van der Waals surface area contributed by atoms with Gasteiger partial charge in [-0.3, -0.25) is 4.79 Å². The van der Waals surface area contributed by atoms with Crippen molar-refractivity contribution >= 4 is 35.1 Å². The van der Waals surface area contributed by atoms with Crippen molar-refractivity contribution in [1.29, 1.82) is 0 Å². The second-order valence-corrected chi connectivity index (χ2v) is 8.94. The van der Waals surface area contributed by atoms with Gasteiger partial charge in [0.1, 0.15) is 23.3 Å². The van der Waals surface area contributed by atoms with Crippen LogP contribution in [0.5, 0.6) is 5.75 Å². The quantitative estimate of drug-likeness (QED) is 0.267. The van der Waals surface area contributed by atoms with E-state index in [0.717, 1.165) is 11.1 Å². The van der Waals surface area contributed by atoms with E-state index in [-0.39, 0.29) is 23.6 Å². The monoisotopic (exact) mass is 523 g/mol. The highest BCUT2D eigenvalue weighted by Crippen LogP contribution is 2.28. The van der Waals surface area contributed by atoms with E-state index in [4.69, 9.17) is 32.4 Å². The average molecular weight is 524 g/mol. The molecule has 8 heteroatoms. The Labute approximate surface area is 218 Å². The number of halogens is 2. The van der Waals surface area contributed by atoms with E-state index in [1.807, 2.05) is 54.6 Å². The number of furan rings is 1. The van der Waals surface area contributed by atoms with Crippen LogP contribution >= 0.6 is 23.2 Å². The molecule has 36 heavy (non-hydrogen) atoms. The number of carboxylic acid groups (broad SMARTS) is 1. The van der Waals surface area contributed by atoms with Crippen LogP contribution in [0.15, 0.2) is 89.3 Å². The van der Waals surface area contributed by atoms with Gasteiger partial charge in [-0.2, -0.15) is 0 Å². The van der Waals surface area contributed by atoms with Gasteiger partial charge in [0.05, 0.1) is 24.2 Å². The smallest absolute Gasteiger partial charge is 0.326 e. The van der Waals surface area contributed by atoms with E-state index in [1.165, 1.54) is 17.0 Å². The van der Waals surface area contributed by atoms with Crippen molar-refractivity contribution in [3.63, 3.8) is 0 Å². The molecule has 184 valence electrons. The van der Waals surface area contributed by atoms with Gasteiger partial charge in [0.25, 0.3) is 5.91 Å². The highest BCUT2D eigenvalue weighted by atomic mass is 35.5. The standard InChI is InChI=1S/C28H23Cl2NO5/c1-35-21-10-7-19(8-11-21)26-14-12-22(36-26)17-31(27(32)23-13-9-20(29)16-24(23)30)25(28(33)34)15-18-5-3-2-4-6-18/h2-14,16,25H,15,17H2,1H3,(H,33,34)/t25-/m0/s1. The molecule has 1 heterocycles. The minimum Gasteiger partial charge on any atom is -0.497 e.